The molecule has 5 nitrogen and oxygen atoms in total. The van der Waals surface area contributed by atoms with Crippen molar-refractivity contribution in [2.45, 2.75) is 46.1 Å². The number of anilines is 1. The molecule has 0 aromatic carbocycles. The van der Waals surface area contributed by atoms with E-state index in [2.05, 4.69) is 31.1 Å². The lowest BCUT2D eigenvalue weighted by atomic mass is 9.68. The Balaban J connectivity index is 1.92. The fourth-order valence-electron chi connectivity index (χ4n) is 4.47. The molecule has 0 saturated heterocycles. The molecule has 1 heterocycles. The average Bonchev–Trinajstić information content (AvgIpc) is 2.85. The average molecular weight is 310 g/mol. The summed E-state index contributed by atoms with van der Waals surface area (Å²) in [5.74, 6) is 1.20. The molecule has 21 heavy (non-hydrogen) atoms. The summed E-state index contributed by atoms with van der Waals surface area (Å²) >= 11 is 5.91. The van der Waals surface area contributed by atoms with Crippen LogP contribution in [0.25, 0.3) is 0 Å². The Kier molecular flexibility index (Phi) is 3.17. The molecule has 2 aliphatic rings. The highest BCUT2D eigenvalue weighted by Gasteiger charge is 2.59. The number of rotatable bonds is 3. The lowest BCUT2D eigenvalue weighted by molar-refractivity contribution is -0.384. The van der Waals surface area contributed by atoms with Crippen molar-refractivity contribution < 1.29 is 4.92 Å². The fraction of sp³-hybridized carbons (Fsp3) is 0.667. The zero-order chi connectivity index (χ0) is 15.4. The normalized spacial score (nSPS) is 33.1. The van der Waals surface area contributed by atoms with Crippen LogP contribution in [0.2, 0.25) is 5.15 Å². The molecule has 0 spiro atoms. The molecule has 2 bridgehead atoms. The SMILES string of the molecule is CC12CCC(C1)C(C)(C)C2Nc1cc([N+](=O)[O-])cc(Cl)n1. The van der Waals surface area contributed by atoms with Crippen molar-refractivity contribution in [2.75, 3.05) is 5.32 Å². The van der Waals surface area contributed by atoms with E-state index in [1.807, 2.05) is 0 Å². The van der Waals surface area contributed by atoms with Crippen molar-refractivity contribution in [3.05, 3.63) is 27.4 Å². The highest BCUT2D eigenvalue weighted by Crippen LogP contribution is 2.63. The molecule has 3 atom stereocenters. The topological polar surface area (TPSA) is 68.1 Å². The van der Waals surface area contributed by atoms with Crippen LogP contribution in [-0.4, -0.2) is 15.9 Å². The second-order valence-electron chi connectivity index (χ2n) is 7.28. The van der Waals surface area contributed by atoms with Crippen LogP contribution < -0.4 is 5.32 Å². The van der Waals surface area contributed by atoms with Gasteiger partial charge in [-0.2, -0.15) is 0 Å². The van der Waals surface area contributed by atoms with Gasteiger partial charge in [0.15, 0.2) is 0 Å². The third kappa shape index (κ3) is 2.27. The van der Waals surface area contributed by atoms with Crippen molar-refractivity contribution in [2.24, 2.45) is 16.7 Å². The van der Waals surface area contributed by atoms with E-state index in [4.69, 9.17) is 11.6 Å². The molecule has 0 aliphatic heterocycles. The van der Waals surface area contributed by atoms with Crippen molar-refractivity contribution in [3.63, 3.8) is 0 Å². The standard InChI is InChI=1S/C15H20ClN3O2/c1-14(2)9-4-5-15(3,8-9)13(14)18-12-7-10(19(20)21)6-11(16)17-12/h6-7,9,13H,4-5,8H2,1-3H3,(H,17,18). The van der Waals surface area contributed by atoms with Gasteiger partial charge in [0.25, 0.3) is 5.69 Å². The summed E-state index contributed by atoms with van der Waals surface area (Å²) in [6, 6.07) is 3.01. The van der Waals surface area contributed by atoms with Gasteiger partial charge in [0.1, 0.15) is 11.0 Å². The first-order valence-electron chi connectivity index (χ1n) is 7.31. The third-order valence-corrected chi connectivity index (χ3v) is 5.75. The Morgan fingerprint density at radius 1 is 1.43 bits per heavy atom. The molecule has 2 fully saturated rings. The van der Waals surface area contributed by atoms with E-state index in [0.717, 1.165) is 0 Å². The number of hydrogen-bond donors (Lipinski definition) is 1. The maximum atomic E-state index is 11.0. The van der Waals surface area contributed by atoms with Crippen LogP contribution in [0, 0.1) is 26.9 Å². The summed E-state index contributed by atoms with van der Waals surface area (Å²) in [6.45, 7) is 6.86. The van der Waals surface area contributed by atoms with Gasteiger partial charge in [-0.25, -0.2) is 4.98 Å². The lowest BCUT2D eigenvalue weighted by Crippen LogP contribution is -2.45. The van der Waals surface area contributed by atoms with E-state index in [0.29, 0.717) is 11.7 Å². The van der Waals surface area contributed by atoms with Crippen LogP contribution in [0.3, 0.4) is 0 Å². The van der Waals surface area contributed by atoms with Crippen molar-refractivity contribution in [1.82, 2.24) is 4.98 Å². The van der Waals surface area contributed by atoms with Gasteiger partial charge in [0.05, 0.1) is 17.1 Å². The molecule has 3 unspecified atom stereocenters. The van der Waals surface area contributed by atoms with Gasteiger partial charge >= 0.3 is 0 Å². The van der Waals surface area contributed by atoms with Gasteiger partial charge in [0, 0.05) is 6.04 Å². The first kappa shape index (κ1) is 14.6. The second-order valence-corrected chi connectivity index (χ2v) is 7.67. The van der Waals surface area contributed by atoms with E-state index in [1.165, 1.54) is 31.4 Å². The molecule has 1 N–H and O–H groups in total. The molecule has 2 saturated carbocycles. The minimum absolute atomic E-state index is 0.0244. The first-order chi connectivity index (χ1) is 9.72. The molecule has 114 valence electrons. The first-order valence-corrected chi connectivity index (χ1v) is 7.69. The van der Waals surface area contributed by atoms with Gasteiger partial charge in [-0.05, 0) is 36.0 Å². The summed E-state index contributed by atoms with van der Waals surface area (Å²) in [6.07, 6.45) is 3.67. The predicted molar refractivity (Wildman–Crippen MR) is 82.5 cm³/mol. The zero-order valence-corrected chi connectivity index (χ0v) is 13.3. The number of fused-ring (bicyclic) bond motifs is 2. The van der Waals surface area contributed by atoms with Gasteiger partial charge in [-0.15, -0.1) is 0 Å². The summed E-state index contributed by atoms with van der Waals surface area (Å²) in [5.41, 5.74) is 0.363. The third-order valence-electron chi connectivity index (χ3n) is 5.55. The Labute approximate surface area is 129 Å². The Bertz CT molecular complexity index is 600. The van der Waals surface area contributed by atoms with Crippen molar-refractivity contribution >= 4 is 23.1 Å². The largest absolute Gasteiger partial charge is 0.366 e. The van der Waals surface area contributed by atoms with Gasteiger partial charge in [-0.1, -0.05) is 32.4 Å². The smallest absolute Gasteiger partial charge is 0.276 e. The number of halogens is 1. The number of pyridine rings is 1. The van der Waals surface area contributed by atoms with E-state index in [1.54, 1.807) is 0 Å². The summed E-state index contributed by atoms with van der Waals surface area (Å²) in [5, 5.41) is 14.5. The van der Waals surface area contributed by atoms with Gasteiger partial charge < -0.3 is 5.32 Å². The van der Waals surface area contributed by atoms with Crippen molar-refractivity contribution in [1.29, 1.82) is 0 Å². The van der Waals surface area contributed by atoms with Gasteiger partial charge in [0.2, 0.25) is 0 Å². The Morgan fingerprint density at radius 2 is 2.14 bits per heavy atom. The number of nitrogens with one attached hydrogen (secondary N) is 1. The molecule has 2 aliphatic carbocycles. The molecule has 1 aromatic rings. The number of aromatic nitrogens is 1. The fourth-order valence-corrected chi connectivity index (χ4v) is 4.68. The minimum Gasteiger partial charge on any atom is -0.366 e. The quantitative estimate of drug-likeness (QED) is 0.514. The van der Waals surface area contributed by atoms with Crippen LogP contribution in [0.15, 0.2) is 12.1 Å². The maximum Gasteiger partial charge on any atom is 0.276 e. The number of nitrogens with zero attached hydrogens (tertiary/aromatic N) is 2. The molecule has 0 radical (unpaired) electrons. The predicted octanol–water partition coefficient (Wildman–Crippen LogP) is 4.27. The van der Waals surface area contributed by atoms with Crippen LogP contribution in [0.5, 0.6) is 0 Å². The Morgan fingerprint density at radius 3 is 2.71 bits per heavy atom. The van der Waals surface area contributed by atoms with E-state index < -0.39 is 4.92 Å². The van der Waals surface area contributed by atoms with Gasteiger partial charge in [-0.3, -0.25) is 10.1 Å². The zero-order valence-electron chi connectivity index (χ0n) is 12.5. The molecular formula is C15H20ClN3O2. The van der Waals surface area contributed by atoms with Crippen LogP contribution in [-0.2, 0) is 0 Å². The highest BCUT2D eigenvalue weighted by molar-refractivity contribution is 6.29. The number of nitro groups is 1. The maximum absolute atomic E-state index is 11.0. The van der Waals surface area contributed by atoms with Crippen LogP contribution in [0.1, 0.15) is 40.0 Å². The molecule has 1 aromatic heterocycles. The van der Waals surface area contributed by atoms with E-state index in [-0.39, 0.29) is 27.7 Å². The van der Waals surface area contributed by atoms with E-state index in [9.17, 15) is 10.1 Å². The molecule has 3 rings (SSSR count). The van der Waals surface area contributed by atoms with E-state index >= 15 is 0 Å². The summed E-state index contributed by atoms with van der Waals surface area (Å²) in [7, 11) is 0. The van der Waals surface area contributed by atoms with Crippen LogP contribution >= 0.6 is 11.6 Å². The molecule has 6 heteroatoms. The Hall–Kier alpha value is -1.36. The number of hydrogen-bond acceptors (Lipinski definition) is 4. The van der Waals surface area contributed by atoms with Crippen LogP contribution in [0.4, 0.5) is 11.5 Å². The molecular weight excluding hydrogens is 290 g/mol. The lowest BCUT2D eigenvalue weighted by Gasteiger charge is -2.43. The summed E-state index contributed by atoms with van der Waals surface area (Å²) < 4.78 is 0. The van der Waals surface area contributed by atoms with Crippen molar-refractivity contribution in [3.8, 4) is 0 Å². The molecule has 0 amide bonds. The second kappa shape index (κ2) is 4.57. The monoisotopic (exact) mass is 309 g/mol. The summed E-state index contributed by atoms with van der Waals surface area (Å²) in [4.78, 5) is 14.7. The highest BCUT2D eigenvalue weighted by atomic mass is 35.5. The minimum atomic E-state index is -0.438.